The van der Waals surface area contributed by atoms with E-state index in [0.29, 0.717) is 11.4 Å². The zero-order valence-electron chi connectivity index (χ0n) is 12.7. The number of hydrogen-bond acceptors (Lipinski definition) is 3. The Balaban J connectivity index is 1.98. The lowest BCUT2D eigenvalue weighted by Crippen LogP contribution is -2.18. The number of rotatable bonds is 6. The molecule has 1 atom stereocenters. The molecular weight excluding hydrogens is 318 g/mol. The smallest absolute Gasteiger partial charge is 0.178 e. The highest BCUT2D eigenvalue weighted by Crippen LogP contribution is 2.17. The molecule has 0 bridgehead atoms. The van der Waals surface area contributed by atoms with E-state index in [-0.39, 0.29) is 11.8 Å². The maximum atomic E-state index is 11.8. The third-order valence-corrected chi connectivity index (χ3v) is 5.65. The summed E-state index contributed by atoms with van der Waals surface area (Å²) in [6.45, 7) is 4.41. The maximum Gasteiger partial charge on any atom is 0.178 e. The molecule has 0 aliphatic heterocycles. The van der Waals surface area contributed by atoms with Crippen molar-refractivity contribution >= 4 is 21.4 Å². The van der Waals surface area contributed by atoms with Crippen molar-refractivity contribution < 1.29 is 8.42 Å². The first-order chi connectivity index (χ1) is 10.4. The molecule has 0 aliphatic carbocycles. The van der Waals surface area contributed by atoms with Crippen LogP contribution in [0.3, 0.4) is 0 Å². The van der Waals surface area contributed by atoms with Crippen LogP contribution in [-0.2, 0) is 16.4 Å². The van der Waals surface area contributed by atoms with Crippen molar-refractivity contribution in [3.63, 3.8) is 0 Å². The highest BCUT2D eigenvalue weighted by molar-refractivity contribution is 7.91. The van der Waals surface area contributed by atoms with Crippen LogP contribution >= 0.6 is 11.6 Å². The molecule has 3 nitrogen and oxygen atoms in total. The predicted molar refractivity (Wildman–Crippen MR) is 90.9 cm³/mol. The number of sulfone groups is 1. The van der Waals surface area contributed by atoms with E-state index < -0.39 is 9.84 Å². The van der Waals surface area contributed by atoms with Gasteiger partial charge in [-0.1, -0.05) is 42.8 Å². The lowest BCUT2D eigenvalue weighted by atomic mass is 10.1. The molecule has 22 heavy (non-hydrogen) atoms. The van der Waals surface area contributed by atoms with Gasteiger partial charge in [-0.3, -0.25) is 0 Å². The largest absolute Gasteiger partial charge is 0.306 e. The van der Waals surface area contributed by atoms with Gasteiger partial charge in [0.25, 0.3) is 0 Å². The van der Waals surface area contributed by atoms with Gasteiger partial charge in [-0.2, -0.15) is 0 Å². The van der Waals surface area contributed by atoms with E-state index in [2.05, 4.69) is 12.2 Å². The molecule has 2 rings (SSSR count). The van der Waals surface area contributed by atoms with E-state index >= 15 is 0 Å². The van der Waals surface area contributed by atoms with Gasteiger partial charge >= 0.3 is 0 Å². The molecule has 2 aromatic carbocycles. The first-order valence-corrected chi connectivity index (χ1v) is 9.26. The van der Waals surface area contributed by atoms with Crippen LogP contribution in [0.2, 0.25) is 5.02 Å². The van der Waals surface area contributed by atoms with E-state index in [1.165, 1.54) is 0 Å². The molecule has 0 saturated heterocycles. The van der Waals surface area contributed by atoms with Crippen LogP contribution in [0.5, 0.6) is 0 Å². The van der Waals surface area contributed by atoms with E-state index in [0.717, 1.165) is 16.1 Å². The van der Waals surface area contributed by atoms with Crippen LogP contribution in [0.25, 0.3) is 0 Å². The lowest BCUT2D eigenvalue weighted by Gasteiger charge is -2.14. The van der Waals surface area contributed by atoms with Gasteiger partial charge < -0.3 is 5.32 Å². The van der Waals surface area contributed by atoms with Crippen LogP contribution in [0, 0.1) is 0 Å². The van der Waals surface area contributed by atoms with Crippen molar-refractivity contribution in [2.45, 2.75) is 31.3 Å². The Hall–Kier alpha value is -1.36. The summed E-state index contributed by atoms with van der Waals surface area (Å²) in [4.78, 5) is 0.379. The first kappa shape index (κ1) is 17.0. The first-order valence-electron chi connectivity index (χ1n) is 7.23. The summed E-state index contributed by atoms with van der Waals surface area (Å²) in [7, 11) is -3.13. The SMILES string of the molecule is CCS(=O)(=O)c1ccc(CN[C@H](C)c2ccc(Cl)cc2)cc1. The lowest BCUT2D eigenvalue weighted by molar-refractivity contribution is 0.574. The van der Waals surface area contributed by atoms with E-state index in [1.54, 1.807) is 19.1 Å². The molecular formula is C17H20ClNO2S. The molecule has 0 radical (unpaired) electrons. The molecule has 0 fully saturated rings. The van der Waals surface area contributed by atoms with E-state index in [4.69, 9.17) is 11.6 Å². The third-order valence-electron chi connectivity index (χ3n) is 3.64. The van der Waals surface area contributed by atoms with Crippen molar-refractivity contribution in [2.75, 3.05) is 5.75 Å². The normalized spacial score (nSPS) is 13.0. The average Bonchev–Trinajstić information content (AvgIpc) is 2.53. The Labute approximate surface area is 137 Å². The van der Waals surface area contributed by atoms with E-state index in [9.17, 15) is 8.42 Å². The average molecular weight is 338 g/mol. The van der Waals surface area contributed by atoms with E-state index in [1.807, 2.05) is 36.4 Å². The molecule has 0 aromatic heterocycles. The topological polar surface area (TPSA) is 46.2 Å². The zero-order chi connectivity index (χ0) is 16.2. The van der Waals surface area contributed by atoms with Crippen molar-refractivity contribution in [2.24, 2.45) is 0 Å². The van der Waals surface area contributed by atoms with Crippen LogP contribution in [0.15, 0.2) is 53.4 Å². The standard InChI is InChI=1S/C17H20ClNO2S/c1-3-22(20,21)17-10-4-14(5-11-17)12-19-13(2)15-6-8-16(18)9-7-15/h4-11,13,19H,3,12H2,1-2H3/t13-/m1/s1. The minimum atomic E-state index is -3.13. The van der Waals surface area contributed by atoms with Gasteiger partial charge in [0, 0.05) is 17.6 Å². The van der Waals surface area contributed by atoms with Gasteiger partial charge in [0.1, 0.15) is 0 Å². The fourth-order valence-corrected chi connectivity index (χ4v) is 3.13. The Kier molecular flexibility index (Phi) is 5.62. The van der Waals surface area contributed by atoms with Gasteiger partial charge in [0.05, 0.1) is 10.6 Å². The predicted octanol–water partition coefficient (Wildman–Crippen LogP) is 3.98. The molecule has 0 amide bonds. The Morgan fingerprint density at radius 2 is 1.64 bits per heavy atom. The monoisotopic (exact) mass is 337 g/mol. The van der Waals surface area contributed by atoms with Crippen LogP contribution < -0.4 is 5.32 Å². The van der Waals surface area contributed by atoms with Gasteiger partial charge in [-0.05, 0) is 42.3 Å². The molecule has 118 valence electrons. The van der Waals surface area contributed by atoms with Crippen molar-refractivity contribution in [3.05, 3.63) is 64.7 Å². The third kappa shape index (κ3) is 4.32. The zero-order valence-corrected chi connectivity index (χ0v) is 14.3. The summed E-state index contributed by atoms with van der Waals surface area (Å²) in [5.41, 5.74) is 2.21. The Bertz CT molecular complexity index is 709. The molecule has 0 aliphatic rings. The molecule has 0 unspecified atom stereocenters. The molecule has 0 saturated carbocycles. The van der Waals surface area contributed by atoms with Crippen LogP contribution in [0.4, 0.5) is 0 Å². The molecule has 1 N–H and O–H groups in total. The number of hydrogen-bond donors (Lipinski definition) is 1. The minimum Gasteiger partial charge on any atom is -0.306 e. The summed E-state index contributed by atoms with van der Waals surface area (Å²) in [5, 5.41) is 4.14. The quantitative estimate of drug-likeness (QED) is 0.867. The van der Waals surface area contributed by atoms with Crippen LogP contribution in [0.1, 0.15) is 31.0 Å². The van der Waals surface area contributed by atoms with Crippen molar-refractivity contribution in [1.29, 1.82) is 0 Å². The summed E-state index contributed by atoms with van der Waals surface area (Å²) >= 11 is 5.88. The second-order valence-electron chi connectivity index (χ2n) is 5.20. The maximum absolute atomic E-state index is 11.8. The molecule has 2 aromatic rings. The number of benzene rings is 2. The summed E-state index contributed by atoms with van der Waals surface area (Å²) < 4.78 is 23.5. The highest BCUT2D eigenvalue weighted by atomic mass is 35.5. The summed E-state index contributed by atoms with van der Waals surface area (Å²) in [6.07, 6.45) is 0. The fraction of sp³-hybridized carbons (Fsp3) is 0.294. The fourth-order valence-electron chi connectivity index (χ4n) is 2.12. The van der Waals surface area contributed by atoms with Crippen LogP contribution in [-0.4, -0.2) is 14.2 Å². The summed E-state index contributed by atoms with van der Waals surface area (Å²) in [5.74, 6) is 0.123. The van der Waals surface area contributed by atoms with Gasteiger partial charge in [0.15, 0.2) is 9.84 Å². The van der Waals surface area contributed by atoms with Gasteiger partial charge in [-0.15, -0.1) is 0 Å². The van der Waals surface area contributed by atoms with Gasteiger partial charge in [0.2, 0.25) is 0 Å². The van der Waals surface area contributed by atoms with Crippen molar-refractivity contribution in [1.82, 2.24) is 5.32 Å². The van der Waals surface area contributed by atoms with Crippen molar-refractivity contribution in [3.8, 4) is 0 Å². The Morgan fingerprint density at radius 3 is 2.18 bits per heavy atom. The molecule has 0 heterocycles. The molecule has 0 spiro atoms. The number of halogens is 1. The minimum absolute atomic E-state index is 0.123. The second kappa shape index (κ2) is 7.27. The number of nitrogens with one attached hydrogen (secondary N) is 1. The highest BCUT2D eigenvalue weighted by Gasteiger charge is 2.11. The van der Waals surface area contributed by atoms with Gasteiger partial charge in [-0.25, -0.2) is 8.42 Å². The molecule has 5 heteroatoms. The summed E-state index contributed by atoms with van der Waals surface area (Å²) in [6, 6.07) is 15.0. The second-order valence-corrected chi connectivity index (χ2v) is 7.92. The Morgan fingerprint density at radius 1 is 1.05 bits per heavy atom.